The van der Waals surface area contributed by atoms with E-state index in [9.17, 15) is 14.4 Å². The summed E-state index contributed by atoms with van der Waals surface area (Å²) < 4.78 is 5.24. The van der Waals surface area contributed by atoms with Gasteiger partial charge in [-0.25, -0.2) is 0 Å². The van der Waals surface area contributed by atoms with Crippen molar-refractivity contribution in [2.45, 2.75) is 12.0 Å². The van der Waals surface area contributed by atoms with Crippen molar-refractivity contribution in [3.8, 4) is 5.75 Å². The lowest BCUT2D eigenvalue weighted by Crippen LogP contribution is -2.46. The van der Waals surface area contributed by atoms with E-state index < -0.39 is 12.0 Å². The third-order valence-corrected chi connectivity index (χ3v) is 5.84. The van der Waals surface area contributed by atoms with Crippen molar-refractivity contribution in [1.82, 2.24) is 10.2 Å². The molecule has 0 saturated carbocycles. The number of ether oxygens (including phenoxy) is 1. The Kier molecular flexibility index (Phi) is 6.03. The van der Waals surface area contributed by atoms with E-state index in [4.69, 9.17) is 4.74 Å². The van der Waals surface area contributed by atoms with Crippen molar-refractivity contribution in [1.29, 1.82) is 0 Å². The molecular formula is C26H24N2O4. The third kappa shape index (κ3) is 3.99. The van der Waals surface area contributed by atoms with Gasteiger partial charge in [-0.2, -0.15) is 0 Å². The molecular weight excluding hydrogens is 404 g/mol. The molecule has 3 aromatic carbocycles. The van der Waals surface area contributed by atoms with Crippen molar-refractivity contribution in [2.75, 3.05) is 20.7 Å². The molecule has 0 bridgehead atoms. The number of benzene rings is 3. The molecule has 1 N–H and O–H groups in total. The minimum absolute atomic E-state index is 0.117. The second-order valence-electron chi connectivity index (χ2n) is 7.71. The van der Waals surface area contributed by atoms with Gasteiger partial charge in [0.25, 0.3) is 5.91 Å². The summed E-state index contributed by atoms with van der Waals surface area (Å²) in [6.07, 6.45) is 0. The minimum Gasteiger partial charge on any atom is -0.497 e. The number of likely N-dealkylation sites (N-methyl/N-ethyl adjacent to an activating group) is 1. The summed E-state index contributed by atoms with van der Waals surface area (Å²) in [5, 5.41) is 2.80. The van der Waals surface area contributed by atoms with Gasteiger partial charge in [0.2, 0.25) is 5.91 Å². The number of hydrogen-bond acceptors (Lipinski definition) is 4. The number of fused-ring (bicyclic) bond motifs is 1. The van der Waals surface area contributed by atoms with Crippen LogP contribution in [0.3, 0.4) is 0 Å². The fourth-order valence-corrected chi connectivity index (χ4v) is 4.18. The molecule has 0 spiro atoms. The highest BCUT2D eigenvalue weighted by molar-refractivity contribution is 6.03. The first-order valence-corrected chi connectivity index (χ1v) is 10.4. The molecule has 0 saturated heterocycles. The van der Waals surface area contributed by atoms with Crippen molar-refractivity contribution in [3.63, 3.8) is 0 Å². The van der Waals surface area contributed by atoms with Crippen LogP contribution in [0.4, 0.5) is 0 Å². The second-order valence-corrected chi connectivity index (χ2v) is 7.71. The molecule has 162 valence electrons. The van der Waals surface area contributed by atoms with Crippen LogP contribution in [0.25, 0.3) is 0 Å². The predicted octanol–water partition coefficient (Wildman–Crippen LogP) is 3.60. The highest BCUT2D eigenvalue weighted by Gasteiger charge is 2.42. The van der Waals surface area contributed by atoms with E-state index in [1.807, 2.05) is 36.4 Å². The monoisotopic (exact) mass is 428 g/mol. The Labute approximate surface area is 186 Å². The zero-order chi connectivity index (χ0) is 22.7. The summed E-state index contributed by atoms with van der Waals surface area (Å²) in [4.78, 5) is 40.6. The molecule has 6 heteroatoms. The Morgan fingerprint density at radius 1 is 0.938 bits per heavy atom. The highest BCUT2D eigenvalue weighted by Crippen LogP contribution is 2.42. The molecule has 4 rings (SSSR count). The summed E-state index contributed by atoms with van der Waals surface area (Å²) in [7, 11) is 3.28. The van der Waals surface area contributed by atoms with Crippen molar-refractivity contribution in [2.24, 2.45) is 0 Å². The maximum absolute atomic E-state index is 13.4. The first kappa shape index (κ1) is 21.3. The fourth-order valence-electron chi connectivity index (χ4n) is 4.18. The number of Topliss-reactive ketones (excluding diaryl/α,β-unsaturated/α-hetero) is 1. The van der Waals surface area contributed by atoms with Crippen LogP contribution in [0.2, 0.25) is 0 Å². The fraction of sp³-hybridized carbons (Fsp3) is 0.192. The van der Waals surface area contributed by atoms with E-state index in [0.29, 0.717) is 22.4 Å². The van der Waals surface area contributed by atoms with Crippen molar-refractivity contribution < 1.29 is 19.1 Å². The Bertz CT molecular complexity index is 1140. The number of nitrogens with one attached hydrogen (secondary N) is 1. The quantitative estimate of drug-likeness (QED) is 0.609. The van der Waals surface area contributed by atoms with Gasteiger partial charge >= 0.3 is 0 Å². The Morgan fingerprint density at radius 2 is 1.59 bits per heavy atom. The van der Waals surface area contributed by atoms with Crippen LogP contribution >= 0.6 is 0 Å². The smallest absolute Gasteiger partial charge is 0.254 e. The first-order valence-electron chi connectivity index (χ1n) is 10.4. The van der Waals surface area contributed by atoms with E-state index in [-0.39, 0.29) is 24.1 Å². The number of rotatable bonds is 6. The third-order valence-electron chi connectivity index (χ3n) is 5.84. The number of nitrogens with zero attached hydrogens (tertiary/aromatic N) is 1. The van der Waals surface area contributed by atoms with Crippen LogP contribution in [0.1, 0.15) is 43.8 Å². The molecule has 6 nitrogen and oxygen atoms in total. The summed E-state index contributed by atoms with van der Waals surface area (Å²) in [6.45, 7) is -0.117. The number of hydrogen-bond donors (Lipinski definition) is 1. The summed E-state index contributed by atoms with van der Waals surface area (Å²) in [6, 6.07) is 22.8. The molecule has 0 radical (unpaired) electrons. The lowest BCUT2D eigenvalue weighted by Gasteiger charge is -2.39. The van der Waals surface area contributed by atoms with Crippen LogP contribution in [-0.4, -0.2) is 43.2 Å². The average molecular weight is 428 g/mol. The number of carbonyl (C=O) groups excluding carboxylic acids is 3. The molecule has 2 unspecified atom stereocenters. The van der Waals surface area contributed by atoms with E-state index in [2.05, 4.69) is 5.32 Å². The van der Waals surface area contributed by atoms with E-state index in [1.54, 1.807) is 61.5 Å². The maximum Gasteiger partial charge on any atom is 0.254 e. The van der Waals surface area contributed by atoms with Crippen LogP contribution in [0, 0.1) is 0 Å². The average Bonchev–Trinajstić information content (AvgIpc) is 2.85. The van der Waals surface area contributed by atoms with Crippen LogP contribution < -0.4 is 10.1 Å². The van der Waals surface area contributed by atoms with Crippen molar-refractivity contribution >= 4 is 17.6 Å². The Hall–Kier alpha value is -3.93. The molecule has 0 fully saturated rings. The standard InChI is InChI=1S/C26H24N2O4/c1-28-24(18-12-14-19(32-2)15-13-18)23(20-10-6-7-11-21(20)26(28)31)25(30)27-16-22(29)17-8-4-3-5-9-17/h3-15,23-24H,16H2,1-2H3,(H,27,30). The lowest BCUT2D eigenvalue weighted by molar-refractivity contribution is -0.123. The van der Waals surface area contributed by atoms with E-state index in [0.717, 1.165) is 5.56 Å². The topological polar surface area (TPSA) is 75.7 Å². The molecule has 3 aromatic rings. The molecule has 32 heavy (non-hydrogen) atoms. The minimum atomic E-state index is -0.661. The van der Waals surface area contributed by atoms with Gasteiger partial charge < -0.3 is 15.0 Å². The Morgan fingerprint density at radius 3 is 2.28 bits per heavy atom. The summed E-state index contributed by atoms with van der Waals surface area (Å²) in [5.41, 5.74) is 2.50. The van der Waals surface area contributed by atoms with Gasteiger partial charge in [0.1, 0.15) is 5.75 Å². The number of amides is 2. The highest BCUT2D eigenvalue weighted by atomic mass is 16.5. The normalized spacial score (nSPS) is 17.4. The zero-order valence-corrected chi connectivity index (χ0v) is 17.9. The van der Waals surface area contributed by atoms with Crippen LogP contribution in [0.15, 0.2) is 78.9 Å². The van der Waals surface area contributed by atoms with Gasteiger partial charge in [0.05, 0.1) is 25.6 Å². The van der Waals surface area contributed by atoms with Gasteiger partial charge in [-0.1, -0.05) is 60.7 Å². The molecule has 1 heterocycles. The molecule has 1 aliphatic heterocycles. The van der Waals surface area contributed by atoms with Gasteiger partial charge in [-0.15, -0.1) is 0 Å². The zero-order valence-electron chi connectivity index (χ0n) is 17.9. The second kappa shape index (κ2) is 9.06. The molecule has 2 amide bonds. The molecule has 2 atom stereocenters. The van der Waals surface area contributed by atoms with E-state index >= 15 is 0 Å². The molecule has 0 aliphatic carbocycles. The van der Waals surface area contributed by atoms with Gasteiger partial charge in [-0.05, 0) is 29.3 Å². The van der Waals surface area contributed by atoms with Gasteiger partial charge in [0.15, 0.2) is 5.78 Å². The number of methoxy groups -OCH3 is 1. The van der Waals surface area contributed by atoms with Gasteiger partial charge in [-0.3, -0.25) is 14.4 Å². The molecule has 0 aromatic heterocycles. The van der Waals surface area contributed by atoms with Crippen LogP contribution in [0.5, 0.6) is 5.75 Å². The number of carbonyl (C=O) groups is 3. The lowest BCUT2D eigenvalue weighted by atomic mass is 9.79. The van der Waals surface area contributed by atoms with Crippen molar-refractivity contribution in [3.05, 3.63) is 101 Å². The summed E-state index contributed by atoms with van der Waals surface area (Å²) >= 11 is 0. The largest absolute Gasteiger partial charge is 0.497 e. The predicted molar refractivity (Wildman–Crippen MR) is 121 cm³/mol. The SMILES string of the molecule is COc1ccc(C2C(C(=O)NCC(=O)c3ccccc3)c3ccccc3C(=O)N2C)cc1. The Balaban J connectivity index is 1.67. The first-order chi connectivity index (χ1) is 15.5. The van der Waals surface area contributed by atoms with Gasteiger partial charge in [0, 0.05) is 18.2 Å². The van der Waals surface area contributed by atoms with E-state index in [1.165, 1.54) is 0 Å². The number of ketones is 1. The maximum atomic E-state index is 13.4. The summed E-state index contributed by atoms with van der Waals surface area (Å²) in [5.74, 6) is -0.597. The van der Waals surface area contributed by atoms with Crippen LogP contribution in [-0.2, 0) is 4.79 Å². The molecule has 1 aliphatic rings.